The number of sulfonamides is 1. The van der Waals surface area contributed by atoms with Crippen LogP contribution in [0.4, 0.5) is 4.39 Å². The van der Waals surface area contributed by atoms with Crippen molar-refractivity contribution < 1.29 is 22.3 Å². The summed E-state index contributed by atoms with van der Waals surface area (Å²) in [6.07, 6.45) is -0.301. The molecule has 1 saturated heterocycles. The number of fused-ring (bicyclic) bond motifs is 1. The van der Waals surface area contributed by atoms with Gasteiger partial charge < -0.3 is 4.74 Å². The maximum Gasteiger partial charge on any atom is 0.243 e. The molecule has 0 bridgehead atoms. The Morgan fingerprint density at radius 2 is 1.94 bits per heavy atom. The number of nitrogens with zero attached hydrogens (tertiary/aromatic N) is 4. The van der Waals surface area contributed by atoms with Crippen LogP contribution < -0.4 is 4.74 Å². The zero-order valence-electron chi connectivity index (χ0n) is 19.8. The summed E-state index contributed by atoms with van der Waals surface area (Å²) in [6.45, 7) is 6.15. The summed E-state index contributed by atoms with van der Waals surface area (Å²) in [7, 11) is -3.77. The Labute approximate surface area is 204 Å². The molecule has 4 rings (SSSR count). The first kappa shape index (κ1) is 24.8. The summed E-state index contributed by atoms with van der Waals surface area (Å²) >= 11 is 0. The molecule has 35 heavy (non-hydrogen) atoms. The van der Waals surface area contributed by atoms with Gasteiger partial charge in [0.25, 0.3) is 0 Å². The van der Waals surface area contributed by atoms with E-state index in [9.17, 15) is 17.6 Å². The quantitative estimate of drug-likeness (QED) is 0.467. The van der Waals surface area contributed by atoms with E-state index in [0.29, 0.717) is 22.3 Å². The van der Waals surface area contributed by atoms with Crippen LogP contribution in [-0.2, 0) is 21.2 Å². The second-order valence-electron chi connectivity index (χ2n) is 9.11. The Hall–Kier alpha value is -3.29. The van der Waals surface area contributed by atoms with Gasteiger partial charge in [0, 0.05) is 18.5 Å². The molecule has 1 aliphatic heterocycles. The van der Waals surface area contributed by atoms with Crippen molar-refractivity contribution in [3.05, 3.63) is 54.0 Å². The molecule has 0 N–H and O–H groups in total. The van der Waals surface area contributed by atoms with Gasteiger partial charge in [0.15, 0.2) is 5.78 Å². The van der Waals surface area contributed by atoms with E-state index in [-0.39, 0.29) is 54.7 Å². The lowest BCUT2D eigenvalue weighted by Gasteiger charge is -2.18. The van der Waals surface area contributed by atoms with Crippen LogP contribution in [0.2, 0.25) is 0 Å². The van der Waals surface area contributed by atoms with E-state index < -0.39 is 15.8 Å². The number of ether oxygens (including phenoxy) is 1. The van der Waals surface area contributed by atoms with Crippen molar-refractivity contribution in [3.8, 4) is 11.8 Å². The van der Waals surface area contributed by atoms with Crippen LogP contribution in [0.1, 0.15) is 38.9 Å². The van der Waals surface area contributed by atoms with Crippen LogP contribution in [0.25, 0.3) is 10.9 Å². The summed E-state index contributed by atoms with van der Waals surface area (Å²) in [5.74, 6) is -0.248. The summed E-state index contributed by atoms with van der Waals surface area (Å²) < 4.78 is 49.5. The first-order valence-electron chi connectivity index (χ1n) is 11.4. The van der Waals surface area contributed by atoms with Crippen LogP contribution >= 0.6 is 0 Å². The molecule has 8 nitrogen and oxygen atoms in total. The molecule has 2 aromatic carbocycles. The molecule has 10 heteroatoms. The molecular formula is C25H27FN4O4S. The Balaban J connectivity index is 1.64. The van der Waals surface area contributed by atoms with E-state index in [1.165, 1.54) is 28.6 Å². The average Bonchev–Trinajstić information content (AvgIpc) is 3.34. The second-order valence-corrected chi connectivity index (χ2v) is 11.0. The van der Waals surface area contributed by atoms with Gasteiger partial charge in [-0.15, -0.1) is 0 Å². The van der Waals surface area contributed by atoms with E-state index in [1.54, 1.807) is 22.9 Å². The number of rotatable bonds is 8. The molecule has 0 saturated carbocycles. The minimum atomic E-state index is -3.77. The molecule has 0 unspecified atom stereocenters. The maximum atomic E-state index is 14.1. The number of carbonyl (C=O) groups excluding carboxylic acids is 1. The van der Waals surface area contributed by atoms with Gasteiger partial charge in [-0.05, 0) is 62.2 Å². The highest BCUT2D eigenvalue weighted by Gasteiger charge is 2.39. The number of nitriles is 1. The maximum absolute atomic E-state index is 14.1. The van der Waals surface area contributed by atoms with Gasteiger partial charge in [0.05, 0.1) is 47.2 Å². The van der Waals surface area contributed by atoms with Gasteiger partial charge in [-0.25, -0.2) is 12.8 Å². The number of halogens is 1. The predicted octanol–water partition coefficient (Wildman–Crippen LogP) is 3.87. The topological polar surface area (TPSA) is 105 Å². The van der Waals surface area contributed by atoms with Crippen LogP contribution in [0.3, 0.4) is 0 Å². The van der Waals surface area contributed by atoms with Crippen molar-refractivity contribution >= 4 is 26.7 Å². The summed E-state index contributed by atoms with van der Waals surface area (Å²) in [5.41, 5.74) is 0.950. The number of Topliss-reactive ketones (excluding diaryl/α,β-unsaturated/α-hetero) is 1. The van der Waals surface area contributed by atoms with Crippen molar-refractivity contribution in [1.29, 1.82) is 5.26 Å². The van der Waals surface area contributed by atoms with Crippen LogP contribution in [0.5, 0.6) is 5.75 Å². The number of ketones is 1. The Morgan fingerprint density at radius 3 is 2.60 bits per heavy atom. The van der Waals surface area contributed by atoms with Gasteiger partial charge in [-0.1, -0.05) is 6.92 Å². The average molecular weight is 499 g/mol. The minimum absolute atomic E-state index is 0.0218. The van der Waals surface area contributed by atoms with Gasteiger partial charge >= 0.3 is 0 Å². The number of carbonyl (C=O) groups is 1. The van der Waals surface area contributed by atoms with Crippen molar-refractivity contribution in [2.75, 3.05) is 13.1 Å². The zero-order valence-corrected chi connectivity index (χ0v) is 20.6. The van der Waals surface area contributed by atoms with E-state index in [0.717, 1.165) is 0 Å². The lowest BCUT2D eigenvalue weighted by Crippen LogP contribution is -2.29. The lowest BCUT2D eigenvalue weighted by atomic mass is 10.1. The van der Waals surface area contributed by atoms with Gasteiger partial charge in [0.1, 0.15) is 11.6 Å². The largest absolute Gasteiger partial charge is 0.491 e. The zero-order chi connectivity index (χ0) is 25.3. The fourth-order valence-electron chi connectivity index (χ4n) is 4.43. The second kappa shape index (κ2) is 9.76. The minimum Gasteiger partial charge on any atom is -0.491 e. The number of hydrogen-bond donors (Lipinski definition) is 0. The van der Waals surface area contributed by atoms with Gasteiger partial charge in [0.2, 0.25) is 10.0 Å². The van der Waals surface area contributed by atoms with E-state index >= 15 is 0 Å². The molecule has 0 spiro atoms. The Morgan fingerprint density at radius 1 is 1.23 bits per heavy atom. The van der Waals surface area contributed by atoms with E-state index in [2.05, 4.69) is 5.10 Å². The molecular weight excluding hydrogens is 471 g/mol. The summed E-state index contributed by atoms with van der Waals surface area (Å²) in [4.78, 5) is 12.3. The summed E-state index contributed by atoms with van der Waals surface area (Å²) in [6, 6.07) is 12.0. The van der Waals surface area contributed by atoms with Crippen LogP contribution in [0.15, 0.2) is 47.4 Å². The number of aromatic nitrogens is 2. The van der Waals surface area contributed by atoms with E-state index in [4.69, 9.17) is 10.00 Å². The van der Waals surface area contributed by atoms with Crippen molar-refractivity contribution in [1.82, 2.24) is 14.1 Å². The highest BCUT2D eigenvalue weighted by Crippen LogP contribution is 2.35. The molecule has 1 fully saturated rings. The first-order chi connectivity index (χ1) is 16.6. The molecule has 2 heterocycles. The smallest absolute Gasteiger partial charge is 0.243 e. The molecule has 184 valence electrons. The Kier molecular flexibility index (Phi) is 6.92. The van der Waals surface area contributed by atoms with Gasteiger partial charge in [-0.2, -0.15) is 14.7 Å². The van der Waals surface area contributed by atoms with Gasteiger partial charge in [-0.3, -0.25) is 9.48 Å². The van der Waals surface area contributed by atoms with E-state index in [1.807, 2.05) is 26.8 Å². The normalized spacial score (nSPS) is 18.7. The molecule has 3 aromatic rings. The van der Waals surface area contributed by atoms with Crippen LogP contribution in [-0.4, -0.2) is 47.5 Å². The predicted molar refractivity (Wildman–Crippen MR) is 128 cm³/mol. The third-order valence-electron chi connectivity index (χ3n) is 6.07. The molecule has 0 aliphatic carbocycles. The third kappa shape index (κ3) is 5.06. The molecule has 2 atom stereocenters. The lowest BCUT2D eigenvalue weighted by molar-refractivity contribution is -0.117. The highest BCUT2D eigenvalue weighted by atomic mass is 32.2. The Bertz CT molecular complexity index is 1390. The molecule has 1 aliphatic rings. The molecule has 0 amide bonds. The monoisotopic (exact) mass is 498 g/mol. The SMILES string of the molecule is CC(C)Oc1ccc(S(=O)(=O)N2C[C@@H](C)[C@@H](n3nc(CC(=O)CC#N)c4ccc(F)cc43)C2)cc1. The van der Waals surface area contributed by atoms with Crippen molar-refractivity contribution in [3.63, 3.8) is 0 Å². The number of benzene rings is 2. The van der Waals surface area contributed by atoms with Crippen molar-refractivity contribution in [2.24, 2.45) is 5.92 Å². The van der Waals surface area contributed by atoms with Crippen molar-refractivity contribution in [2.45, 2.75) is 50.7 Å². The highest BCUT2D eigenvalue weighted by molar-refractivity contribution is 7.89. The summed E-state index contributed by atoms with van der Waals surface area (Å²) in [5, 5.41) is 14.0. The third-order valence-corrected chi connectivity index (χ3v) is 7.92. The molecule has 1 aromatic heterocycles. The fraction of sp³-hybridized carbons (Fsp3) is 0.400. The standard InChI is InChI=1S/C25H27FN4O4S/c1-16(2)34-20-5-7-21(8-6-20)35(32,33)29-14-17(3)25(15-29)30-24-12-18(26)4-9-22(24)23(28-30)13-19(31)10-11-27/h4-9,12,16-17,25H,10,13-15H2,1-3H3/t17-,25+/m1/s1. The molecule has 0 radical (unpaired) electrons. The van der Waals surface area contributed by atoms with Crippen LogP contribution in [0, 0.1) is 23.1 Å². The first-order valence-corrected chi connectivity index (χ1v) is 12.9. The fourth-order valence-corrected chi connectivity index (χ4v) is 5.99. The number of hydrogen-bond acceptors (Lipinski definition) is 6.